The van der Waals surface area contributed by atoms with Crippen LogP contribution in [-0.4, -0.2) is 38.6 Å². The van der Waals surface area contributed by atoms with E-state index in [-0.39, 0.29) is 18.6 Å². The first-order valence-corrected chi connectivity index (χ1v) is 12.0. The molecule has 6 heteroatoms. The van der Waals surface area contributed by atoms with E-state index < -0.39 is 0 Å². The second kappa shape index (κ2) is 9.47. The van der Waals surface area contributed by atoms with Gasteiger partial charge >= 0.3 is 0 Å². The van der Waals surface area contributed by atoms with Crippen LogP contribution in [0.1, 0.15) is 60.5 Å². The number of piperidine rings is 2. The van der Waals surface area contributed by atoms with Gasteiger partial charge in [0.05, 0.1) is 37.5 Å². The van der Waals surface area contributed by atoms with Crippen molar-refractivity contribution in [2.75, 3.05) is 7.11 Å². The standard InChI is InChI=1S/C28H31N3O3/c1-19-16-30(18-29-19)26-13-8-21(15-27(26)34-2)14-23-11-12-24-4-3-5-25(31(24)28(23)33)22-9-6-20(17-32)7-10-22/h6-10,13-16,18,24-25,32H,3-5,11-12,17H2,1-2H3/t24-,25-/m0/s1. The number of aryl methyl sites for hydroxylation is 1. The van der Waals surface area contributed by atoms with Gasteiger partial charge in [0.1, 0.15) is 5.75 Å². The van der Waals surface area contributed by atoms with Gasteiger partial charge in [-0.05, 0) is 73.9 Å². The Morgan fingerprint density at radius 3 is 2.68 bits per heavy atom. The molecule has 1 amide bonds. The molecule has 2 fully saturated rings. The fraction of sp³-hybridized carbons (Fsp3) is 0.357. The van der Waals surface area contributed by atoms with E-state index >= 15 is 0 Å². The molecule has 2 aliphatic heterocycles. The number of aliphatic hydroxyl groups excluding tert-OH is 1. The molecule has 176 valence electrons. The van der Waals surface area contributed by atoms with E-state index in [2.05, 4.69) is 22.0 Å². The first-order valence-electron chi connectivity index (χ1n) is 12.0. The minimum atomic E-state index is 0.0335. The number of ether oxygens (including phenoxy) is 1. The molecule has 0 saturated carbocycles. The van der Waals surface area contributed by atoms with Gasteiger partial charge in [-0.25, -0.2) is 4.98 Å². The van der Waals surface area contributed by atoms with Crippen LogP contribution in [-0.2, 0) is 11.4 Å². The zero-order chi connectivity index (χ0) is 23.7. The van der Waals surface area contributed by atoms with Crippen molar-refractivity contribution in [1.29, 1.82) is 0 Å². The predicted octanol–water partition coefficient (Wildman–Crippen LogP) is 4.98. The Morgan fingerprint density at radius 1 is 1.15 bits per heavy atom. The summed E-state index contributed by atoms with van der Waals surface area (Å²) in [4.78, 5) is 20.1. The number of imidazole rings is 1. The lowest BCUT2D eigenvalue weighted by Crippen LogP contribution is -2.49. The number of aliphatic hydroxyl groups is 1. The quantitative estimate of drug-likeness (QED) is 0.549. The van der Waals surface area contributed by atoms with Gasteiger partial charge < -0.3 is 19.3 Å². The van der Waals surface area contributed by atoms with Crippen LogP contribution < -0.4 is 4.74 Å². The highest BCUT2D eigenvalue weighted by Crippen LogP contribution is 2.41. The number of aromatic nitrogens is 2. The van der Waals surface area contributed by atoms with Crippen molar-refractivity contribution in [3.8, 4) is 11.4 Å². The lowest BCUT2D eigenvalue weighted by molar-refractivity contribution is -0.136. The number of hydrogen-bond donors (Lipinski definition) is 1. The fourth-order valence-electron chi connectivity index (χ4n) is 5.32. The summed E-state index contributed by atoms with van der Waals surface area (Å²) in [5.41, 5.74) is 5.71. The first kappa shape index (κ1) is 22.4. The molecule has 3 aromatic rings. The highest BCUT2D eigenvalue weighted by atomic mass is 16.5. The molecule has 5 rings (SSSR count). The van der Waals surface area contributed by atoms with Crippen LogP contribution in [0.15, 0.2) is 60.6 Å². The van der Waals surface area contributed by atoms with E-state index in [0.29, 0.717) is 6.04 Å². The summed E-state index contributed by atoms with van der Waals surface area (Å²) in [5, 5.41) is 9.38. The Morgan fingerprint density at radius 2 is 1.97 bits per heavy atom. The smallest absolute Gasteiger partial charge is 0.250 e. The normalized spacial score (nSPS) is 21.6. The first-order chi connectivity index (χ1) is 16.6. The maximum Gasteiger partial charge on any atom is 0.250 e. The van der Waals surface area contributed by atoms with Gasteiger partial charge in [-0.15, -0.1) is 0 Å². The largest absolute Gasteiger partial charge is 0.495 e. The van der Waals surface area contributed by atoms with E-state index in [0.717, 1.165) is 71.5 Å². The number of methoxy groups -OCH3 is 1. The van der Waals surface area contributed by atoms with Crippen molar-refractivity contribution in [2.24, 2.45) is 0 Å². The minimum absolute atomic E-state index is 0.0335. The highest BCUT2D eigenvalue weighted by molar-refractivity contribution is 5.99. The second-order valence-electron chi connectivity index (χ2n) is 9.27. The van der Waals surface area contributed by atoms with Crippen LogP contribution >= 0.6 is 0 Å². The molecule has 1 aromatic heterocycles. The van der Waals surface area contributed by atoms with E-state index in [1.165, 1.54) is 0 Å². The van der Waals surface area contributed by atoms with Crippen LogP contribution in [0, 0.1) is 6.92 Å². The summed E-state index contributed by atoms with van der Waals surface area (Å²) in [6.07, 6.45) is 10.7. The Kier molecular flexibility index (Phi) is 6.24. The molecule has 2 aliphatic rings. The van der Waals surface area contributed by atoms with Gasteiger partial charge in [0, 0.05) is 17.8 Å². The molecule has 1 N–H and O–H groups in total. The summed E-state index contributed by atoms with van der Waals surface area (Å²) in [6, 6.07) is 14.4. The van der Waals surface area contributed by atoms with Crippen LogP contribution in [0.5, 0.6) is 5.75 Å². The molecule has 34 heavy (non-hydrogen) atoms. The van der Waals surface area contributed by atoms with Crippen molar-refractivity contribution in [3.05, 3.63) is 82.9 Å². The Labute approximate surface area is 200 Å². The lowest BCUT2D eigenvalue weighted by atomic mass is 9.83. The molecule has 2 aromatic carbocycles. The molecular weight excluding hydrogens is 426 g/mol. The van der Waals surface area contributed by atoms with Crippen molar-refractivity contribution >= 4 is 12.0 Å². The molecule has 2 atom stereocenters. The maximum atomic E-state index is 13.7. The third kappa shape index (κ3) is 4.26. The van der Waals surface area contributed by atoms with E-state index in [4.69, 9.17) is 4.74 Å². The third-order valence-corrected chi connectivity index (χ3v) is 7.08. The summed E-state index contributed by atoms with van der Waals surface area (Å²) in [7, 11) is 1.66. The Bertz CT molecular complexity index is 1210. The molecule has 6 nitrogen and oxygen atoms in total. The van der Waals surface area contributed by atoms with Gasteiger partial charge in [0.25, 0.3) is 5.91 Å². The monoisotopic (exact) mass is 457 g/mol. The molecule has 3 heterocycles. The molecule has 2 saturated heterocycles. The van der Waals surface area contributed by atoms with Crippen molar-refractivity contribution in [2.45, 2.75) is 57.7 Å². The molecule has 0 radical (unpaired) electrons. The number of fused-ring (bicyclic) bond motifs is 1. The molecule has 0 aliphatic carbocycles. The minimum Gasteiger partial charge on any atom is -0.495 e. The van der Waals surface area contributed by atoms with Gasteiger partial charge in [-0.1, -0.05) is 30.3 Å². The average molecular weight is 458 g/mol. The lowest BCUT2D eigenvalue weighted by Gasteiger charge is -2.46. The number of carbonyl (C=O) groups is 1. The Balaban J connectivity index is 1.43. The van der Waals surface area contributed by atoms with Crippen molar-refractivity contribution in [1.82, 2.24) is 14.5 Å². The average Bonchev–Trinajstić information content (AvgIpc) is 3.31. The summed E-state index contributed by atoms with van der Waals surface area (Å²) < 4.78 is 7.60. The van der Waals surface area contributed by atoms with Crippen LogP contribution in [0.25, 0.3) is 11.8 Å². The predicted molar refractivity (Wildman–Crippen MR) is 132 cm³/mol. The van der Waals surface area contributed by atoms with Gasteiger partial charge in [-0.2, -0.15) is 0 Å². The number of benzene rings is 2. The molecule has 0 unspecified atom stereocenters. The summed E-state index contributed by atoms with van der Waals surface area (Å²) >= 11 is 0. The Hall–Kier alpha value is -3.38. The summed E-state index contributed by atoms with van der Waals surface area (Å²) in [5.74, 6) is 0.883. The van der Waals surface area contributed by atoms with Crippen molar-refractivity contribution in [3.63, 3.8) is 0 Å². The zero-order valence-corrected chi connectivity index (χ0v) is 19.8. The number of amides is 1. The van der Waals surface area contributed by atoms with E-state index in [1.807, 2.05) is 54.1 Å². The molecule has 0 spiro atoms. The highest BCUT2D eigenvalue weighted by Gasteiger charge is 2.39. The molecular formula is C28H31N3O3. The van der Waals surface area contributed by atoms with Gasteiger partial charge in [0.2, 0.25) is 0 Å². The van der Waals surface area contributed by atoms with Crippen molar-refractivity contribution < 1.29 is 14.6 Å². The van der Waals surface area contributed by atoms with Crippen LogP contribution in [0.3, 0.4) is 0 Å². The van der Waals surface area contributed by atoms with Gasteiger partial charge in [-0.3, -0.25) is 4.79 Å². The number of carbonyl (C=O) groups excluding carboxylic acids is 1. The van der Waals surface area contributed by atoms with Crippen LogP contribution in [0.4, 0.5) is 0 Å². The molecule has 0 bridgehead atoms. The maximum absolute atomic E-state index is 13.7. The van der Waals surface area contributed by atoms with Crippen LogP contribution in [0.2, 0.25) is 0 Å². The fourth-order valence-corrected chi connectivity index (χ4v) is 5.32. The van der Waals surface area contributed by atoms with Gasteiger partial charge in [0.15, 0.2) is 0 Å². The number of rotatable bonds is 5. The second-order valence-corrected chi connectivity index (χ2v) is 9.27. The van der Waals surface area contributed by atoms with E-state index in [9.17, 15) is 9.90 Å². The van der Waals surface area contributed by atoms with E-state index in [1.54, 1.807) is 13.4 Å². The SMILES string of the molecule is COc1cc(C=C2CC[C@@H]3CCC[C@@H](c4ccc(CO)cc4)N3C2=O)ccc1-n1cnc(C)c1. The zero-order valence-electron chi connectivity index (χ0n) is 19.8. The number of nitrogens with zero attached hydrogens (tertiary/aromatic N) is 3. The third-order valence-electron chi connectivity index (χ3n) is 7.08. The topological polar surface area (TPSA) is 67.6 Å². The number of hydrogen-bond acceptors (Lipinski definition) is 4. The summed E-state index contributed by atoms with van der Waals surface area (Å²) in [6.45, 7) is 1.99.